The van der Waals surface area contributed by atoms with Gasteiger partial charge in [0.15, 0.2) is 0 Å². The quantitative estimate of drug-likeness (QED) is 0.286. The minimum absolute atomic E-state index is 0.877. The molecule has 4 aromatic carbocycles. The van der Waals surface area contributed by atoms with E-state index < -0.39 is 8.07 Å². The van der Waals surface area contributed by atoms with Crippen molar-refractivity contribution in [1.29, 1.82) is 0 Å². The molecule has 0 fully saturated rings. The van der Waals surface area contributed by atoms with Gasteiger partial charge in [-0.05, 0) is 51.3 Å². The van der Waals surface area contributed by atoms with Crippen molar-refractivity contribution in [3.05, 3.63) is 83.9 Å². The molecule has 0 heterocycles. The molecule has 0 atom stereocenters. The predicted octanol–water partition coefficient (Wildman–Crippen LogP) is 6.21. The first-order valence-corrected chi connectivity index (χ1v) is 13.5. The molecule has 28 heavy (non-hydrogen) atoms. The lowest BCUT2D eigenvalue weighted by molar-refractivity contribution is 1.27. The van der Waals surface area contributed by atoms with Gasteiger partial charge in [-0.3, -0.25) is 0 Å². The fourth-order valence-corrected chi connectivity index (χ4v) is 5.69. The lowest BCUT2D eigenvalue weighted by atomic mass is 9.90. The van der Waals surface area contributed by atoms with Gasteiger partial charge in [0.05, 0.1) is 8.07 Å². The predicted molar refractivity (Wildman–Crippen MR) is 125 cm³/mol. The highest BCUT2D eigenvalue weighted by Crippen LogP contribution is 2.46. The van der Waals surface area contributed by atoms with Crippen molar-refractivity contribution in [3.8, 4) is 22.3 Å². The van der Waals surface area contributed by atoms with Gasteiger partial charge in [-0.15, -0.1) is 0 Å². The highest BCUT2D eigenvalue weighted by Gasteiger charge is 2.24. The molecule has 0 saturated heterocycles. The minimum atomic E-state index is -1.30. The van der Waals surface area contributed by atoms with Crippen molar-refractivity contribution in [3.63, 3.8) is 0 Å². The Morgan fingerprint density at radius 3 is 2.21 bits per heavy atom. The van der Waals surface area contributed by atoms with Crippen molar-refractivity contribution in [1.82, 2.24) is 0 Å². The minimum Gasteiger partial charge on any atom is -0.398 e. The number of nitrogen functional groups attached to an aromatic ring is 1. The number of hydrogen-bond acceptors (Lipinski definition) is 1. The third kappa shape index (κ3) is 2.60. The Bertz CT molecular complexity index is 1210. The van der Waals surface area contributed by atoms with Crippen molar-refractivity contribution in [2.75, 3.05) is 5.73 Å². The van der Waals surface area contributed by atoms with Crippen LogP contribution in [0.2, 0.25) is 19.6 Å². The molecule has 0 amide bonds. The lowest BCUT2D eigenvalue weighted by Gasteiger charge is -2.18. The Hall–Kier alpha value is -2.84. The zero-order valence-corrected chi connectivity index (χ0v) is 17.7. The van der Waals surface area contributed by atoms with E-state index in [2.05, 4.69) is 92.4 Å². The standard InChI is InChI=1S/C26H25NSi/c1-28(2,3)20-13-11-17(12-14-20)21-9-6-10-23-24(27)16-19-15-18-7-4-5-8-22(18)25(19)26(21)23/h4-14,16H,15,27H2,1-3H3. The second-order valence-corrected chi connectivity index (χ2v) is 14.0. The zero-order valence-electron chi connectivity index (χ0n) is 16.7. The van der Waals surface area contributed by atoms with Crippen LogP contribution in [0.3, 0.4) is 0 Å². The highest BCUT2D eigenvalue weighted by atomic mass is 28.3. The fourth-order valence-electron chi connectivity index (χ4n) is 4.52. The summed E-state index contributed by atoms with van der Waals surface area (Å²) in [6.07, 6.45) is 0.967. The van der Waals surface area contributed by atoms with E-state index in [0.717, 1.165) is 17.5 Å². The van der Waals surface area contributed by atoms with Crippen molar-refractivity contribution < 1.29 is 0 Å². The largest absolute Gasteiger partial charge is 0.398 e. The SMILES string of the molecule is C[Si](C)(C)c1ccc(-c2cccc3c(N)cc4c(c23)-c2ccccc2C4)cc1. The van der Waals surface area contributed by atoms with Crippen LogP contribution in [-0.4, -0.2) is 8.07 Å². The summed E-state index contributed by atoms with van der Waals surface area (Å²) in [7, 11) is -1.30. The summed E-state index contributed by atoms with van der Waals surface area (Å²) < 4.78 is 0. The van der Waals surface area contributed by atoms with Gasteiger partial charge in [-0.25, -0.2) is 0 Å². The van der Waals surface area contributed by atoms with Gasteiger partial charge >= 0.3 is 0 Å². The molecular formula is C26H25NSi. The lowest BCUT2D eigenvalue weighted by Crippen LogP contribution is -2.37. The first kappa shape index (κ1) is 17.3. The molecule has 2 N–H and O–H groups in total. The molecule has 0 saturated carbocycles. The van der Waals surface area contributed by atoms with E-state index in [-0.39, 0.29) is 0 Å². The van der Waals surface area contributed by atoms with E-state index in [0.29, 0.717) is 0 Å². The average molecular weight is 380 g/mol. The van der Waals surface area contributed by atoms with Gasteiger partial charge in [-0.1, -0.05) is 91.6 Å². The maximum Gasteiger partial charge on any atom is 0.0775 e. The molecule has 0 aromatic heterocycles. The second-order valence-electron chi connectivity index (χ2n) is 8.89. The van der Waals surface area contributed by atoms with Crippen LogP contribution < -0.4 is 10.9 Å². The smallest absolute Gasteiger partial charge is 0.0775 e. The molecule has 0 unspecified atom stereocenters. The summed E-state index contributed by atoms with van der Waals surface area (Å²) in [5.74, 6) is 0. The second kappa shape index (κ2) is 6.08. The van der Waals surface area contributed by atoms with Crippen LogP contribution in [0.1, 0.15) is 11.1 Å². The summed E-state index contributed by atoms with van der Waals surface area (Å²) in [6, 6.07) is 26.7. The van der Waals surface area contributed by atoms with E-state index >= 15 is 0 Å². The molecule has 1 aliphatic rings. The van der Waals surface area contributed by atoms with Crippen molar-refractivity contribution in [2.24, 2.45) is 0 Å². The summed E-state index contributed by atoms with van der Waals surface area (Å²) in [4.78, 5) is 0. The molecule has 0 spiro atoms. The molecule has 0 bridgehead atoms. The summed E-state index contributed by atoms with van der Waals surface area (Å²) >= 11 is 0. The molecule has 0 aliphatic heterocycles. The van der Waals surface area contributed by atoms with E-state index in [4.69, 9.17) is 5.73 Å². The van der Waals surface area contributed by atoms with Gasteiger partial charge in [0.1, 0.15) is 0 Å². The van der Waals surface area contributed by atoms with Crippen LogP contribution in [0.5, 0.6) is 0 Å². The number of nitrogens with two attached hydrogens (primary N) is 1. The number of fused-ring (bicyclic) bond motifs is 5. The fraction of sp³-hybridized carbons (Fsp3) is 0.154. The van der Waals surface area contributed by atoms with Crippen molar-refractivity contribution >= 4 is 29.7 Å². The van der Waals surface area contributed by atoms with Gasteiger partial charge in [0, 0.05) is 11.1 Å². The van der Waals surface area contributed by atoms with Gasteiger partial charge in [0.25, 0.3) is 0 Å². The summed E-state index contributed by atoms with van der Waals surface area (Å²) in [6.45, 7) is 7.18. The Labute approximate surface area is 167 Å². The zero-order chi connectivity index (χ0) is 19.5. The third-order valence-corrected chi connectivity index (χ3v) is 8.07. The van der Waals surface area contributed by atoms with Crippen LogP contribution in [0.25, 0.3) is 33.0 Å². The van der Waals surface area contributed by atoms with E-state index in [1.165, 1.54) is 44.0 Å². The third-order valence-electron chi connectivity index (χ3n) is 6.01. The summed E-state index contributed by atoms with van der Waals surface area (Å²) in [5.41, 5.74) is 15.4. The molecular weight excluding hydrogens is 354 g/mol. The molecule has 138 valence electrons. The molecule has 5 rings (SSSR count). The highest BCUT2D eigenvalue weighted by molar-refractivity contribution is 6.88. The monoisotopic (exact) mass is 379 g/mol. The topological polar surface area (TPSA) is 26.0 Å². The molecule has 2 heteroatoms. The van der Waals surface area contributed by atoms with Crippen LogP contribution in [0.4, 0.5) is 5.69 Å². The number of rotatable bonds is 2. The van der Waals surface area contributed by atoms with Crippen LogP contribution in [0, 0.1) is 0 Å². The Balaban J connectivity index is 1.81. The molecule has 1 aliphatic carbocycles. The maximum atomic E-state index is 6.50. The van der Waals surface area contributed by atoms with Gasteiger partial charge in [-0.2, -0.15) is 0 Å². The summed E-state index contributed by atoms with van der Waals surface area (Å²) in [5, 5.41) is 3.94. The van der Waals surface area contributed by atoms with E-state index in [9.17, 15) is 0 Å². The molecule has 1 nitrogen and oxygen atoms in total. The van der Waals surface area contributed by atoms with Crippen LogP contribution in [0.15, 0.2) is 72.8 Å². The first-order valence-electron chi connectivity index (χ1n) is 9.97. The van der Waals surface area contributed by atoms with E-state index in [1.54, 1.807) is 0 Å². The maximum absolute atomic E-state index is 6.50. The van der Waals surface area contributed by atoms with E-state index in [1.807, 2.05) is 0 Å². The van der Waals surface area contributed by atoms with Gasteiger partial charge in [0.2, 0.25) is 0 Å². The van der Waals surface area contributed by atoms with Gasteiger partial charge < -0.3 is 5.73 Å². The number of hydrogen-bond donors (Lipinski definition) is 1. The number of anilines is 1. The number of benzene rings is 4. The Kier molecular flexibility index (Phi) is 3.75. The van der Waals surface area contributed by atoms with Crippen molar-refractivity contribution in [2.45, 2.75) is 26.1 Å². The normalized spacial score (nSPS) is 12.8. The Morgan fingerprint density at radius 1 is 0.750 bits per heavy atom. The molecule has 4 aromatic rings. The average Bonchev–Trinajstić information content (AvgIpc) is 3.05. The molecule has 0 radical (unpaired) electrons. The first-order chi connectivity index (χ1) is 13.4. The Morgan fingerprint density at radius 2 is 1.46 bits per heavy atom. The van der Waals surface area contributed by atoms with Crippen LogP contribution >= 0.6 is 0 Å². The van der Waals surface area contributed by atoms with Crippen LogP contribution in [-0.2, 0) is 6.42 Å².